The van der Waals surface area contributed by atoms with Crippen molar-refractivity contribution in [1.29, 1.82) is 0 Å². The van der Waals surface area contributed by atoms with Gasteiger partial charge in [0.1, 0.15) is 0 Å². The summed E-state index contributed by atoms with van der Waals surface area (Å²) in [5, 5.41) is 8.89. The average molecular weight is 587 g/mol. The Morgan fingerprint density at radius 1 is 1.10 bits per heavy atom. The normalized spacial score (nSPS) is 17.8. The minimum atomic E-state index is -0.463. The van der Waals surface area contributed by atoms with Gasteiger partial charge in [-0.3, -0.25) is 10.1 Å². The van der Waals surface area contributed by atoms with E-state index in [1.807, 2.05) is 55.9 Å². The lowest BCUT2D eigenvalue weighted by atomic mass is 10.0. The molecule has 0 spiro atoms. The zero-order valence-electron chi connectivity index (χ0n) is 23.4. The summed E-state index contributed by atoms with van der Waals surface area (Å²) in [5.74, 6) is 3.65. The molecule has 1 fully saturated rings. The maximum Gasteiger partial charge on any atom is 0.411 e. The van der Waals surface area contributed by atoms with Crippen LogP contribution < -0.4 is 14.8 Å². The van der Waals surface area contributed by atoms with E-state index in [0.29, 0.717) is 36.9 Å². The maximum atomic E-state index is 12.9. The fourth-order valence-corrected chi connectivity index (χ4v) is 6.41. The van der Waals surface area contributed by atoms with E-state index in [2.05, 4.69) is 10.2 Å². The van der Waals surface area contributed by atoms with Crippen molar-refractivity contribution < 1.29 is 23.8 Å². The third-order valence-electron chi connectivity index (χ3n) is 6.61. The van der Waals surface area contributed by atoms with E-state index < -0.39 is 6.09 Å². The van der Waals surface area contributed by atoms with Crippen molar-refractivity contribution in [3.05, 3.63) is 53.6 Å². The van der Waals surface area contributed by atoms with Gasteiger partial charge in [0.25, 0.3) is 0 Å². The van der Waals surface area contributed by atoms with E-state index >= 15 is 0 Å². The lowest BCUT2D eigenvalue weighted by molar-refractivity contribution is 0.153. The van der Waals surface area contributed by atoms with Gasteiger partial charge in [0.15, 0.2) is 11.5 Å². The Hall–Kier alpha value is -2.89. The number of nitrogens with zero attached hydrogens (tertiary/aromatic N) is 3. The zero-order valence-corrected chi connectivity index (χ0v) is 25.0. The van der Waals surface area contributed by atoms with Gasteiger partial charge in [0.2, 0.25) is 0 Å². The molecule has 0 aromatic heterocycles. The molecule has 0 aliphatic carbocycles. The molecule has 40 heavy (non-hydrogen) atoms. The predicted molar refractivity (Wildman–Crippen MR) is 163 cm³/mol. The van der Waals surface area contributed by atoms with Crippen molar-refractivity contribution in [2.24, 2.45) is 5.10 Å². The van der Waals surface area contributed by atoms with E-state index in [9.17, 15) is 9.59 Å². The van der Waals surface area contributed by atoms with Crippen molar-refractivity contribution in [2.75, 3.05) is 56.8 Å². The molecule has 1 saturated heterocycles. The van der Waals surface area contributed by atoms with Crippen LogP contribution in [0.1, 0.15) is 37.8 Å². The Bertz CT molecular complexity index is 1170. The number of carbonyl (C=O) groups is 2. The minimum Gasteiger partial charge on any atom is -0.493 e. The molecule has 2 aromatic carbocycles. The minimum absolute atomic E-state index is 0.0527. The van der Waals surface area contributed by atoms with Gasteiger partial charge in [-0.2, -0.15) is 16.9 Å². The number of benzene rings is 2. The third-order valence-corrected chi connectivity index (χ3v) is 8.80. The number of ether oxygens (including phenoxy) is 3. The molecule has 216 valence electrons. The average Bonchev–Trinajstić information content (AvgIpc) is 2.98. The van der Waals surface area contributed by atoms with Crippen LogP contribution in [-0.2, 0) is 11.3 Å². The van der Waals surface area contributed by atoms with Crippen LogP contribution in [0.15, 0.2) is 47.6 Å². The molecule has 4 rings (SSSR count). The van der Waals surface area contributed by atoms with Crippen molar-refractivity contribution in [2.45, 2.75) is 38.5 Å². The Balaban J connectivity index is 1.34. The summed E-state index contributed by atoms with van der Waals surface area (Å²) in [6, 6.07) is 13.1. The van der Waals surface area contributed by atoms with E-state index in [1.54, 1.807) is 19.2 Å². The van der Waals surface area contributed by atoms with Gasteiger partial charge in [-0.25, -0.2) is 9.80 Å². The van der Waals surface area contributed by atoms with Crippen LogP contribution in [0.25, 0.3) is 0 Å². The van der Waals surface area contributed by atoms with Crippen LogP contribution >= 0.6 is 23.5 Å². The van der Waals surface area contributed by atoms with Crippen LogP contribution in [0, 0.1) is 0 Å². The first-order valence-corrected chi connectivity index (χ1v) is 15.7. The SMILES string of the molecule is CCOc1cc(C2=NN(Cc3ccc(NC(=O)OCCCN4CCSCC4)cc3)C(=O)SC2CC)ccc1OC. The lowest BCUT2D eigenvalue weighted by Gasteiger charge is -2.28. The second-order valence-corrected chi connectivity index (χ2v) is 11.8. The largest absolute Gasteiger partial charge is 0.493 e. The van der Waals surface area contributed by atoms with Crippen molar-refractivity contribution >= 4 is 46.3 Å². The van der Waals surface area contributed by atoms with Crippen molar-refractivity contribution in [1.82, 2.24) is 9.91 Å². The number of anilines is 1. The van der Waals surface area contributed by atoms with Gasteiger partial charge in [0, 0.05) is 42.4 Å². The standard InChI is InChI=1S/C29H38N4O5S2/c1-4-26-27(22-9-12-24(36-3)25(19-22)37-5-2)31-33(29(35)40-26)20-21-7-10-23(11-8-21)30-28(34)38-16-6-13-32-14-17-39-18-15-32/h7-12,19,26H,4-6,13-18,20H2,1-3H3,(H,30,34). The Morgan fingerprint density at radius 3 is 2.58 bits per heavy atom. The number of nitrogens with one attached hydrogen (secondary N) is 1. The number of amides is 2. The highest BCUT2D eigenvalue weighted by atomic mass is 32.2. The van der Waals surface area contributed by atoms with Crippen LogP contribution in [0.5, 0.6) is 11.5 Å². The van der Waals surface area contributed by atoms with Gasteiger partial charge >= 0.3 is 11.3 Å². The first-order valence-electron chi connectivity index (χ1n) is 13.7. The monoisotopic (exact) mass is 586 g/mol. The van der Waals surface area contributed by atoms with E-state index in [4.69, 9.17) is 19.3 Å². The fourth-order valence-electron chi connectivity index (χ4n) is 4.50. The molecular formula is C29H38N4O5S2. The number of hydrogen-bond donors (Lipinski definition) is 1. The lowest BCUT2D eigenvalue weighted by Crippen LogP contribution is -2.34. The number of hydrogen-bond acceptors (Lipinski definition) is 9. The Kier molecular flexibility index (Phi) is 11.4. The van der Waals surface area contributed by atoms with Crippen molar-refractivity contribution in [3.8, 4) is 11.5 Å². The van der Waals surface area contributed by atoms with Gasteiger partial charge in [0.05, 0.1) is 37.8 Å². The highest BCUT2D eigenvalue weighted by Gasteiger charge is 2.30. The molecule has 9 nitrogen and oxygen atoms in total. The van der Waals surface area contributed by atoms with Crippen molar-refractivity contribution in [3.63, 3.8) is 0 Å². The summed E-state index contributed by atoms with van der Waals surface area (Å²) < 4.78 is 16.5. The quantitative estimate of drug-likeness (QED) is 0.306. The second-order valence-electron chi connectivity index (χ2n) is 9.39. The summed E-state index contributed by atoms with van der Waals surface area (Å²) >= 11 is 3.27. The zero-order chi connectivity index (χ0) is 28.3. The first kappa shape index (κ1) is 30.1. The first-order chi connectivity index (χ1) is 19.5. The molecule has 0 radical (unpaired) electrons. The molecule has 2 aliphatic heterocycles. The third kappa shape index (κ3) is 8.31. The molecule has 11 heteroatoms. The second kappa shape index (κ2) is 15.2. The summed E-state index contributed by atoms with van der Waals surface area (Å²) in [6.07, 6.45) is 1.13. The molecule has 2 amide bonds. The van der Waals surface area contributed by atoms with E-state index in [1.165, 1.54) is 28.3 Å². The van der Waals surface area contributed by atoms with Crippen LogP contribution in [0.2, 0.25) is 0 Å². The highest BCUT2D eigenvalue weighted by Crippen LogP contribution is 2.34. The van der Waals surface area contributed by atoms with Crippen LogP contribution in [0.4, 0.5) is 15.3 Å². The number of rotatable bonds is 12. The van der Waals surface area contributed by atoms with Gasteiger partial charge in [-0.05, 0) is 55.7 Å². The van der Waals surface area contributed by atoms with E-state index in [-0.39, 0.29) is 10.5 Å². The topological polar surface area (TPSA) is 92.7 Å². The molecule has 0 bridgehead atoms. The summed E-state index contributed by atoms with van der Waals surface area (Å²) in [5.41, 5.74) is 3.26. The smallest absolute Gasteiger partial charge is 0.411 e. The molecule has 0 saturated carbocycles. The molecular weight excluding hydrogens is 548 g/mol. The Morgan fingerprint density at radius 2 is 1.88 bits per heavy atom. The van der Waals surface area contributed by atoms with Gasteiger partial charge in [-0.1, -0.05) is 30.8 Å². The fraction of sp³-hybridized carbons (Fsp3) is 0.483. The van der Waals surface area contributed by atoms with Gasteiger partial charge in [-0.15, -0.1) is 0 Å². The Labute approximate surface area is 245 Å². The van der Waals surface area contributed by atoms with Gasteiger partial charge < -0.3 is 19.1 Å². The highest BCUT2D eigenvalue weighted by molar-refractivity contribution is 8.14. The summed E-state index contributed by atoms with van der Waals surface area (Å²) in [6.45, 7) is 8.36. The molecule has 1 unspecified atom stereocenters. The number of carbonyl (C=O) groups excluding carboxylic acids is 2. The summed E-state index contributed by atoms with van der Waals surface area (Å²) in [7, 11) is 1.61. The predicted octanol–water partition coefficient (Wildman–Crippen LogP) is 5.93. The molecule has 1 N–H and O–H groups in total. The van der Waals surface area contributed by atoms with Crippen LogP contribution in [-0.4, -0.2) is 83.7 Å². The number of hydrazone groups is 1. The molecule has 2 aromatic rings. The van der Waals surface area contributed by atoms with E-state index in [0.717, 1.165) is 49.3 Å². The maximum absolute atomic E-state index is 12.9. The molecule has 1 atom stereocenters. The van der Waals surface area contributed by atoms with Crippen LogP contribution in [0.3, 0.4) is 0 Å². The molecule has 2 heterocycles. The summed E-state index contributed by atoms with van der Waals surface area (Å²) in [4.78, 5) is 27.5. The molecule has 2 aliphatic rings. The number of thioether (sulfide) groups is 2. The number of methoxy groups -OCH3 is 1.